The van der Waals surface area contributed by atoms with Crippen molar-refractivity contribution in [1.29, 1.82) is 0 Å². The minimum atomic E-state index is -0.364. The second kappa shape index (κ2) is 6.13. The molecule has 1 aliphatic carbocycles. The highest BCUT2D eigenvalue weighted by molar-refractivity contribution is 6.01. The largest absolute Gasteiger partial charge is 0.446 e. The van der Waals surface area contributed by atoms with Crippen molar-refractivity contribution in [1.82, 2.24) is 0 Å². The lowest BCUT2D eigenvalue weighted by atomic mass is 9.95. The maximum atomic E-state index is 12.8. The molecule has 1 aliphatic heterocycles. The van der Waals surface area contributed by atoms with Crippen LogP contribution in [0.1, 0.15) is 18.4 Å². The fraction of sp³-hybridized carbons (Fsp3) is 0.182. The van der Waals surface area contributed by atoms with Gasteiger partial charge in [-0.1, -0.05) is 30.3 Å². The number of nitrogens with zero attached hydrogens (tertiary/aromatic N) is 2. The highest BCUT2D eigenvalue weighted by atomic mass is 16.3. The second-order valence-electron chi connectivity index (χ2n) is 7.03. The average molecular weight is 357 g/mol. The van der Waals surface area contributed by atoms with Gasteiger partial charge in [0.2, 0.25) is 11.5 Å². The zero-order valence-corrected chi connectivity index (χ0v) is 14.8. The Hall–Kier alpha value is -3.34. The van der Waals surface area contributed by atoms with E-state index in [1.807, 2.05) is 66.9 Å². The molecule has 2 heterocycles. The van der Waals surface area contributed by atoms with Crippen LogP contribution in [0.2, 0.25) is 0 Å². The van der Waals surface area contributed by atoms with Gasteiger partial charge in [0.1, 0.15) is 6.67 Å². The number of benzene rings is 2. The van der Waals surface area contributed by atoms with Crippen molar-refractivity contribution >= 4 is 23.5 Å². The Kier molecular flexibility index (Phi) is 3.60. The van der Waals surface area contributed by atoms with Crippen molar-refractivity contribution < 1.29 is 9.21 Å². The van der Waals surface area contributed by atoms with Crippen LogP contribution in [-0.4, -0.2) is 12.6 Å². The first-order valence-electron chi connectivity index (χ1n) is 9.08. The van der Waals surface area contributed by atoms with E-state index in [4.69, 9.17) is 4.42 Å². The fourth-order valence-electron chi connectivity index (χ4n) is 3.56. The van der Waals surface area contributed by atoms with Gasteiger partial charge in [-0.15, -0.1) is 0 Å². The van der Waals surface area contributed by atoms with Crippen LogP contribution < -0.4 is 21.0 Å². The van der Waals surface area contributed by atoms with Crippen LogP contribution in [-0.2, 0) is 10.2 Å². The molecule has 0 unspecified atom stereocenters. The lowest BCUT2D eigenvalue weighted by molar-refractivity contribution is -0.118. The third kappa shape index (κ3) is 2.81. The Morgan fingerprint density at radius 3 is 2.56 bits per heavy atom. The lowest BCUT2D eigenvalue weighted by Crippen LogP contribution is -2.33. The number of rotatable bonds is 4. The smallest absolute Gasteiger partial charge is 0.235 e. The van der Waals surface area contributed by atoms with Gasteiger partial charge in [0.25, 0.3) is 0 Å². The molecular weight excluding hydrogens is 338 g/mol. The minimum absolute atomic E-state index is 0.0732. The molecule has 5 nitrogen and oxygen atoms in total. The van der Waals surface area contributed by atoms with E-state index in [9.17, 15) is 4.79 Å². The fourth-order valence-corrected chi connectivity index (χ4v) is 3.56. The molecule has 0 radical (unpaired) electrons. The van der Waals surface area contributed by atoms with Crippen LogP contribution >= 0.6 is 0 Å². The van der Waals surface area contributed by atoms with Crippen LogP contribution in [0.5, 0.6) is 0 Å². The molecule has 5 heteroatoms. The Labute approximate surface area is 156 Å². The molecular formula is C22H19N3O2. The Morgan fingerprint density at radius 1 is 1.04 bits per heavy atom. The third-order valence-corrected chi connectivity index (χ3v) is 5.30. The number of hydrogen-bond donors (Lipinski definition) is 1. The first-order chi connectivity index (χ1) is 13.2. The first-order valence-corrected chi connectivity index (χ1v) is 9.08. The quantitative estimate of drug-likeness (QED) is 0.781. The van der Waals surface area contributed by atoms with Crippen molar-refractivity contribution in [2.24, 2.45) is 4.99 Å². The summed E-state index contributed by atoms with van der Waals surface area (Å²) in [5.41, 5.74) is 3.24. The van der Waals surface area contributed by atoms with Gasteiger partial charge in [-0.05, 0) is 48.7 Å². The van der Waals surface area contributed by atoms with Gasteiger partial charge < -0.3 is 14.6 Å². The summed E-state index contributed by atoms with van der Waals surface area (Å²) in [6, 6.07) is 19.8. The maximum Gasteiger partial charge on any atom is 0.235 e. The van der Waals surface area contributed by atoms with Gasteiger partial charge in [-0.3, -0.25) is 4.79 Å². The molecule has 27 heavy (non-hydrogen) atoms. The number of amides is 1. The summed E-state index contributed by atoms with van der Waals surface area (Å²) < 4.78 is 5.31. The summed E-state index contributed by atoms with van der Waals surface area (Å²) in [4.78, 5) is 19.3. The molecule has 2 aliphatic rings. The van der Waals surface area contributed by atoms with Gasteiger partial charge >= 0.3 is 0 Å². The number of anilines is 2. The summed E-state index contributed by atoms with van der Waals surface area (Å²) in [7, 11) is 0. The number of nitrogens with one attached hydrogen (secondary N) is 1. The molecule has 1 amide bonds. The maximum absolute atomic E-state index is 12.8. The lowest BCUT2D eigenvalue weighted by Gasteiger charge is -2.20. The molecule has 0 atom stereocenters. The van der Waals surface area contributed by atoms with Crippen molar-refractivity contribution in [2.75, 3.05) is 16.9 Å². The van der Waals surface area contributed by atoms with Crippen LogP contribution in [0.25, 0.3) is 6.20 Å². The highest BCUT2D eigenvalue weighted by Gasteiger charge is 2.51. The van der Waals surface area contributed by atoms with E-state index in [0.717, 1.165) is 35.0 Å². The number of fused-ring (bicyclic) bond motifs is 1. The van der Waals surface area contributed by atoms with E-state index in [1.54, 1.807) is 6.26 Å². The molecule has 1 N–H and O–H groups in total. The molecule has 0 saturated heterocycles. The molecule has 0 bridgehead atoms. The predicted molar refractivity (Wildman–Crippen MR) is 104 cm³/mol. The summed E-state index contributed by atoms with van der Waals surface area (Å²) in [5, 5.41) is 4.05. The van der Waals surface area contributed by atoms with E-state index >= 15 is 0 Å². The monoisotopic (exact) mass is 357 g/mol. The Morgan fingerprint density at radius 2 is 1.81 bits per heavy atom. The average Bonchev–Trinajstić information content (AvgIpc) is 3.40. The van der Waals surface area contributed by atoms with Gasteiger partial charge in [0.05, 0.1) is 16.9 Å². The van der Waals surface area contributed by atoms with Crippen LogP contribution in [0.3, 0.4) is 0 Å². The predicted octanol–water partition coefficient (Wildman–Crippen LogP) is 2.79. The van der Waals surface area contributed by atoms with E-state index in [-0.39, 0.29) is 11.3 Å². The molecule has 2 aromatic carbocycles. The number of hydrogen-bond acceptors (Lipinski definition) is 4. The van der Waals surface area contributed by atoms with E-state index in [2.05, 4.69) is 15.2 Å². The molecule has 5 rings (SSSR count). The normalized spacial score (nSPS) is 16.7. The van der Waals surface area contributed by atoms with Crippen LogP contribution in [0, 0.1) is 0 Å². The summed E-state index contributed by atoms with van der Waals surface area (Å²) >= 11 is 0. The summed E-state index contributed by atoms with van der Waals surface area (Å²) in [6.07, 6.45) is 5.47. The molecule has 1 saturated carbocycles. The Bertz CT molecular complexity index is 1100. The molecule has 1 fully saturated rings. The zero-order chi connectivity index (χ0) is 18.3. The van der Waals surface area contributed by atoms with E-state index in [1.165, 1.54) is 0 Å². The van der Waals surface area contributed by atoms with Crippen molar-refractivity contribution in [2.45, 2.75) is 18.3 Å². The van der Waals surface area contributed by atoms with Crippen molar-refractivity contribution in [3.8, 4) is 0 Å². The van der Waals surface area contributed by atoms with Gasteiger partial charge in [-0.2, -0.15) is 0 Å². The SMILES string of the molecule is O=C(Nc1ccc(N2C=c3ccoc3=NC2)cc1)C1(c2ccccc2)CC1. The van der Waals surface area contributed by atoms with Crippen LogP contribution in [0.15, 0.2) is 76.3 Å². The zero-order valence-electron chi connectivity index (χ0n) is 14.8. The molecule has 1 aromatic heterocycles. The first kappa shape index (κ1) is 15.9. The molecule has 0 spiro atoms. The Balaban J connectivity index is 1.32. The number of carbonyl (C=O) groups is 1. The highest BCUT2D eigenvalue weighted by Crippen LogP contribution is 2.48. The molecule has 134 valence electrons. The second-order valence-corrected chi connectivity index (χ2v) is 7.03. The minimum Gasteiger partial charge on any atom is -0.446 e. The molecule has 3 aromatic rings. The van der Waals surface area contributed by atoms with Crippen molar-refractivity contribution in [3.63, 3.8) is 0 Å². The van der Waals surface area contributed by atoms with Gasteiger partial charge in [0.15, 0.2) is 0 Å². The van der Waals surface area contributed by atoms with E-state index < -0.39 is 0 Å². The standard InChI is InChI=1S/C22H19N3O2/c26-21(22(11-12-22)17-4-2-1-3-5-17)24-18-6-8-19(9-7-18)25-14-16-10-13-27-20(16)23-15-25/h1-10,13-14H,11-12,15H2,(H,24,26). The third-order valence-electron chi connectivity index (χ3n) is 5.30. The van der Waals surface area contributed by atoms with Gasteiger partial charge in [-0.25, -0.2) is 4.99 Å². The topological polar surface area (TPSA) is 57.8 Å². The summed E-state index contributed by atoms with van der Waals surface area (Å²) in [6.45, 7) is 0.517. The number of carbonyl (C=O) groups excluding carboxylic acids is 1. The van der Waals surface area contributed by atoms with E-state index in [0.29, 0.717) is 12.2 Å². The van der Waals surface area contributed by atoms with Crippen molar-refractivity contribution in [3.05, 3.63) is 83.3 Å². The summed E-state index contributed by atoms with van der Waals surface area (Å²) in [5.74, 6) is 0.0732. The van der Waals surface area contributed by atoms with Gasteiger partial charge in [0, 0.05) is 17.6 Å². The number of furan rings is 1. The van der Waals surface area contributed by atoms with Crippen LogP contribution in [0.4, 0.5) is 11.4 Å².